The SMILES string of the molecule is CC(C)CC(NC(=O)C(NC(=O)C(Cc1cnc[nH]1)NC(=O)C(N)CCC(N)=O)C(C)C)C(=O)O. The molecule has 196 valence electrons. The third-order valence-corrected chi connectivity index (χ3v) is 5.22. The van der Waals surface area contributed by atoms with Gasteiger partial charge in [0.25, 0.3) is 0 Å². The van der Waals surface area contributed by atoms with Crippen molar-refractivity contribution >= 4 is 29.6 Å². The van der Waals surface area contributed by atoms with E-state index in [1.54, 1.807) is 13.8 Å². The molecule has 0 radical (unpaired) electrons. The molecule has 0 spiro atoms. The van der Waals surface area contributed by atoms with Gasteiger partial charge in [0, 0.05) is 24.7 Å². The van der Waals surface area contributed by atoms with E-state index in [2.05, 4.69) is 25.9 Å². The number of carboxylic acids is 1. The van der Waals surface area contributed by atoms with Crippen LogP contribution < -0.4 is 27.4 Å². The van der Waals surface area contributed by atoms with Crippen molar-refractivity contribution in [1.29, 1.82) is 0 Å². The topological polar surface area (TPSA) is 222 Å². The van der Waals surface area contributed by atoms with Crippen LogP contribution in [0.4, 0.5) is 0 Å². The van der Waals surface area contributed by atoms with E-state index in [4.69, 9.17) is 11.5 Å². The Bertz CT molecular complexity index is 872. The van der Waals surface area contributed by atoms with E-state index in [0.29, 0.717) is 5.69 Å². The molecule has 13 heteroatoms. The van der Waals surface area contributed by atoms with Crippen LogP contribution in [0.15, 0.2) is 12.5 Å². The number of aromatic amines is 1. The van der Waals surface area contributed by atoms with Crippen molar-refractivity contribution in [1.82, 2.24) is 25.9 Å². The van der Waals surface area contributed by atoms with Crippen molar-refractivity contribution in [3.05, 3.63) is 18.2 Å². The number of carbonyl (C=O) groups is 5. The monoisotopic (exact) mass is 495 g/mol. The molecule has 4 amide bonds. The van der Waals surface area contributed by atoms with Gasteiger partial charge in [0.15, 0.2) is 0 Å². The fraction of sp³-hybridized carbons (Fsp3) is 0.636. The second-order valence-corrected chi connectivity index (χ2v) is 9.21. The molecular formula is C22H37N7O6. The quantitative estimate of drug-likeness (QED) is 0.156. The lowest BCUT2D eigenvalue weighted by atomic mass is 9.99. The molecule has 1 heterocycles. The molecule has 0 aromatic carbocycles. The molecule has 1 aromatic heterocycles. The van der Waals surface area contributed by atoms with Gasteiger partial charge in [-0.15, -0.1) is 0 Å². The number of rotatable bonds is 15. The van der Waals surface area contributed by atoms with Gasteiger partial charge < -0.3 is 37.5 Å². The summed E-state index contributed by atoms with van der Waals surface area (Å²) in [6.45, 7) is 7.07. The molecule has 4 atom stereocenters. The van der Waals surface area contributed by atoms with E-state index >= 15 is 0 Å². The van der Waals surface area contributed by atoms with Crippen molar-refractivity contribution in [2.75, 3.05) is 0 Å². The number of nitrogens with zero attached hydrogens (tertiary/aromatic N) is 1. The highest BCUT2D eigenvalue weighted by Gasteiger charge is 2.32. The summed E-state index contributed by atoms with van der Waals surface area (Å²) in [4.78, 5) is 67.8. The van der Waals surface area contributed by atoms with Crippen LogP contribution in [-0.2, 0) is 30.4 Å². The summed E-state index contributed by atoms with van der Waals surface area (Å²) in [5.41, 5.74) is 11.5. The number of aromatic nitrogens is 2. The Labute approximate surface area is 204 Å². The summed E-state index contributed by atoms with van der Waals surface area (Å²) in [5.74, 6) is -4.12. The third-order valence-electron chi connectivity index (χ3n) is 5.22. The number of hydrogen-bond acceptors (Lipinski definition) is 7. The van der Waals surface area contributed by atoms with Crippen molar-refractivity contribution in [3.8, 4) is 0 Å². The molecule has 0 aliphatic heterocycles. The average Bonchev–Trinajstić information content (AvgIpc) is 3.26. The maximum Gasteiger partial charge on any atom is 0.326 e. The van der Waals surface area contributed by atoms with Gasteiger partial charge in [-0.05, 0) is 24.7 Å². The van der Waals surface area contributed by atoms with Gasteiger partial charge in [-0.25, -0.2) is 9.78 Å². The molecule has 0 aliphatic carbocycles. The van der Waals surface area contributed by atoms with Crippen molar-refractivity contribution < 1.29 is 29.1 Å². The highest BCUT2D eigenvalue weighted by Crippen LogP contribution is 2.09. The highest BCUT2D eigenvalue weighted by atomic mass is 16.4. The lowest BCUT2D eigenvalue weighted by Gasteiger charge is -2.27. The predicted octanol–water partition coefficient (Wildman–Crippen LogP) is -1.21. The minimum atomic E-state index is -1.17. The number of aliphatic carboxylic acids is 1. The maximum atomic E-state index is 13.1. The summed E-state index contributed by atoms with van der Waals surface area (Å²) in [6.07, 6.45) is 3.05. The van der Waals surface area contributed by atoms with E-state index in [9.17, 15) is 29.1 Å². The molecule has 0 saturated carbocycles. The first-order valence-electron chi connectivity index (χ1n) is 11.5. The van der Waals surface area contributed by atoms with Gasteiger partial charge in [-0.1, -0.05) is 27.7 Å². The number of primary amides is 1. The zero-order chi connectivity index (χ0) is 26.7. The molecular weight excluding hydrogens is 458 g/mol. The predicted molar refractivity (Wildman–Crippen MR) is 126 cm³/mol. The molecule has 13 nitrogen and oxygen atoms in total. The van der Waals surface area contributed by atoms with E-state index < -0.39 is 53.8 Å². The molecule has 0 saturated heterocycles. The van der Waals surface area contributed by atoms with Crippen molar-refractivity contribution in [2.24, 2.45) is 23.3 Å². The van der Waals surface area contributed by atoms with Gasteiger partial charge in [0.2, 0.25) is 23.6 Å². The van der Waals surface area contributed by atoms with E-state index in [1.165, 1.54) is 12.5 Å². The van der Waals surface area contributed by atoms with Crippen LogP contribution in [0.25, 0.3) is 0 Å². The molecule has 35 heavy (non-hydrogen) atoms. The van der Waals surface area contributed by atoms with Gasteiger partial charge in [-0.3, -0.25) is 19.2 Å². The maximum absolute atomic E-state index is 13.1. The Balaban J connectivity index is 3.00. The number of imidazole rings is 1. The van der Waals surface area contributed by atoms with E-state index in [1.807, 2.05) is 13.8 Å². The van der Waals surface area contributed by atoms with Gasteiger partial charge in [-0.2, -0.15) is 0 Å². The minimum Gasteiger partial charge on any atom is -0.480 e. The summed E-state index contributed by atoms with van der Waals surface area (Å²) < 4.78 is 0. The molecule has 1 rings (SSSR count). The van der Waals surface area contributed by atoms with Crippen LogP contribution in [0.3, 0.4) is 0 Å². The van der Waals surface area contributed by atoms with Gasteiger partial charge >= 0.3 is 5.97 Å². The fourth-order valence-electron chi connectivity index (χ4n) is 3.28. The third kappa shape index (κ3) is 10.5. The second-order valence-electron chi connectivity index (χ2n) is 9.21. The molecule has 9 N–H and O–H groups in total. The van der Waals surface area contributed by atoms with Crippen LogP contribution in [0.1, 0.15) is 52.7 Å². The largest absolute Gasteiger partial charge is 0.480 e. The summed E-state index contributed by atoms with van der Waals surface area (Å²) in [7, 11) is 0. The first-order chi connectivity index (χ1) is 16.3. The molecule has 4 unspecified atom stereocenters. The van der Waals surface area contributed by atoms with Crippen LogP contribution in [0, 0.1) is 11.8 Å². The molecule has 1 aromatic rings. The molecule has 0 fully saturated rings. The summed E-state index contributed by atoms with van der Waals surface area (Å²) >= 11 is 0. The van der Waals surface area contributed by atoms with Crippen LogP contribution in [-0.4, -0.2) is 68.8 Å². The lowest BCUT2D eigenvalue weighted by molar-refractivity contribution is -0.143. The summed E-state index contributed by atoms with van der Waals surface area (Å²) in [5, 5.41) is 17.1. The van der Waals surface area contributed by atoms with Gasteiger partial charge in [0.05, 0.1) is 12.4 Å². The lowest BCUT2D eigenvalue weighted by Crippen LogP contribution is -2.59. The standard InChI is InChI=1S/C22H37N7O6/c1-11(2)7-16(22(34)35)28-21(33)18(12(3)4)29-20(32)15(8-13-9-25-10-26-13)27-19(31)14(23)5-6-17(24)30/h9-12,14-16,18H,5-8,23H2,1-4H3,(H2,24,30)(H,25,26)(H,27,31)(H,28,33)(H,29,32)(H,34,35). The molecule has 0 bridgehead atoms. The number of nitrogens with one attached hydrogen (secondary N) is 4. The smallest absolute Gasteiger partial charge is 0.326 e. The first-order valence-corrected chi connectivity index (χ1v) is 11.5. The number of carboxylic acid groups (broad SMARTS) is 1. The van der Waals surface area contributed by atoms with Crippen LogP contribution in [0.2, 0.25) is 0 Å². The Morgan fingerprint density at radius 2 is 1.63 bits per heavy atom. The Morgan fingerprint density at radius 3 is 2.11 bits per heavy atom. The highest BCUT2D eigenvalue weighted by molar-refractivity contribution is 5.94. The Kier molecular flexibility index (Phi) is 11.9. The van der Waals surface area contributed by atoms with E-state index in [0.717, 1.165) is 0 Å². The average molecular weight is 496 g/mol. The Hall–Kier alpha value is -3.48. The number of amides is 4. The number of H-pyrrole nitrogens is 1. The number of hydrogen-bond donors (Lipinski definition) is 7. The summed E-state index contributed by atoms with van der Waals surface area (Å²) in [6, 6.07) is -4.36. The van der Waals surface area contributed by atoms with Crippen LogP contribution >= 0.6 is 0 Å². The number of carbonyl (C=O) groups excluding carboxylic acids is 4. The van der Waals surface area contributed by atoms with E-state index in [-0.39, 0.29) is 37.5 Å². The first kappa shape index (κ1) is 29.6. The van der Waals surface area contributed by atoms with Gasteiger partial charge in [0.1, 0.15) is 18.1 Å². The zero-order valence-electron chi connectivity index (χ0n) is 20.5. The van der Waals surface area contributed by atoms with Crippen molar-refractivity contribution in [3.63, 3.8) is 0 Å². The zero-order valence-corrected chi connectivity index (χ0v) is 20.5. The second kappa shape index (κ2) is 14.0. The minimum absolute atomic E-state index is 0.00299. The van der Waals surface area contributed by atoms with Crippen LogP contribution in [0.5, 0.6) is 0 Å². The number of nitrogens with two attached hydrogens (primary N) is 2. The van der Waals surface area contributed by atoms with Crippen molar-refractivity contribution in [2.45, 2.75) is 77.5 Å². The fourth-order valence-corrected chi connectivity index (χ4v) is 3.28. The molecule has 0 aliphatic rings. The Morgan fingerprint density at radius 1 is 1.00 bits per heavy atom. The normalized spacial score (nSPS) is 14.6.